The van der Waals surface area contributed by atoms with Crippen molar-refractivity contribution in [1.29, 1.82) is 0 Å². The molecule has 0 saturated carbocycles. The number of nitrogens with zero attached hydrogens (tertiary/aromatic N) is 1. The van der Waals surface area contributed by atoms with E-state index in [1.807, 2.05) is 24.3 Å². The van der Waals surface area contributed by atoms with Gasteiger partial charge in [-0.05, 0) is 35.6 Å². The fourth-order valence-electron chi connectivity index (χ4n) is 3.64. The zero-order chi connectivity index (χ0) is 21.0. The van der Waals surface area contributed by atoms with Crippen LogP contribution in [0.5, 0.6) is 5.75 Å². The van der Waals surface area contributed by atoms with Crippen molar-refractivity contribution in [1.82, 2.24) is 10.1 Å². The van der Waals surface area contributed by atoms with Crippen LogP contribution >= 0.6 is 11.6 Å². The van der Waals surface area contributed by atoms with Gasteiger partial charge in [-0.2, -0.15) is 0 Å². The number of aliphatic hydroxyl groups is 1. The molecule has 0 radical (unpaired) electrons. The van der Waals surface area contributed by atoms with E-state index in [0.29, 0.717) is 27.2 Å². The second kappa shape index (κ2) is 8.46. The molecule has 0 amide bonds. The van der Waals surface area contributed by atoms with Crippen molar-refractivity contribution < 1.29 is 70.9 Å². The van der Waals surface area contributed by atoms with E-state index in [2.05, 4.69) is 10.1 Å². The second-order valence-corrected chi connectivity index (χ2v) is 7.88. The zero-order valence-corrected chi connectivity index (χ0v) is 20.7. The minimum atomic E-state index is -0.961. The summed E-state index contributed by atoms with van der Waals surface area (Å²) in [7, 11) is 0. The van der Waals surface area contributed by atoms with Crippen LogP contribution in [0.3, 0.4) is 0 Å². The number of nitrogens with one attached hydrogen (secondary N) is 1. The zero-order valence-electron chi connectivity index (χ0n) is 16.9. The molecule has 0 atom stereocenters. The van der Waals surface area contributed by atoms with Crippen molar-refractivity contribution in [2.75, 3.05) is 13.2 Å². The first-order chi connectivity index (χ1) is 14.4. The number of aromatic amines is 1. The molecule has 2 N–H and O–H groups in total. The molecule has 1 fully saturated rings. The summed E-state index contributed by atoms with van der Waals surface area (Å²) < 4.78 is 10.2. The fraction of sp³-hybridized carbons (Fsp3) is 0.182. The number of pyridine rings is 1. The standard InChI is InChI=1S/C22H17ClN2O5.K/c1-11-6-18(30-25-11)19-20(26)15-7-14(16(23)8-17(15)24-21(19)27)12-2-4-13(5-3-12)22(28)9-29-10-22;/h2-8,28H,9-10H2,1H3,(H2,24,26,27);/q;+1/p-1. The van der Waals surface area contributed by atoms with E-state index in [1.165, 1.54) is 0 Å². The van der Waals surface area contributed by atoms with Crippen molar-refractivity contribution in [2.24, 2.45) is 0 Å². The van der Waals surface area contributed by atoms with Gasteiger partial charge in [0.25, 0.3) is 5.56 Å². The van der Waals surface area contributed by atoms with Crippen molar-refractivity contribution >= 4 is 22.5 Å². The predicted molar refractivity (Wildman–Crippen MR) is 109 cm³/mol. The van der Waals surface area contributed by atoms with E-state index >= 15 is 0 Å². The molecule has 2 aromatic heterocycles. The molecular formula is C22H16ClKN2O5. The average molecular weight is 463 g/mol. The molecular weight excluding hydrogens is 447 g/mol. The van der Waals surface area contributed by atoms with Gasteiger partial charge in [0, 0.05) is 17.1 Å². The number of aryl methyl sites for hydroxylation is 1. The number of hydrogen-bond acceptors (Lipinski definition) is 6. The van der Waals surface area contributed by atoms with Gasteiger partial charge in [0.2, 0.25) is 0 Å². The minimum absolute atomic E-state index is 0. The fourth-order valence-corrected chi connectivity index (χ4v) is 3.91. The van der Waals surface area contributed by atoms with Crippen LogP contribution in [-0.4, -0.2) is 28.5 Å². The Morgan fingerprint density at radius 2 is 1.90 bits per heavy atom. The Labute approximate surface area is 224 Å². The molecule has 2 aromatic carbocycles. The molecule has 4 aromatic rings. The Morgan fingerprint density at radius 1 is 1.19 bits per heavy atom. The average Bonchev–Trinajstić information content (AvgIpc) is 3.11. The normalized spacial score (nSPS) is 14.8. The molecule has 0 spiro atoms. The van der Waals surface area contributed by atoms with Crippen LogP contribution < -0.4 is 62.1 Å². The maximum Gasteiger partial charge on any atom is 1.00 e. The van der Waals surface area contributed by atoms with E-state index < -0.39 is 16.9 Å². The molecule has 1 saturated heterocycles. The van der Waals surface area contributed by atoms with Gasteiger partial charge in [-0.15, -0.1) is 0 Å². The Morgan fingerprint density at radius 3 is 2.48 bits per heavy atom. The van der Waals surface area contributed by atoms with Crippen LogP contribution in [0.1, 0.15) is 11.3 Å². The summed E-state index contributed by atoms with van der Waals surface area (Å²) in [4.78, 5) is 15.2. The number of ether oxygens (including phenoxy) is 1. The van der Waals surface area contributed by atoms with Gasteiger partial charge in [0.15, 0.2) is 5.76 Å². The van der Waals surface area contributed by atoms with E-state index in [0.717, 1.165) is 11.1 Å². The van der Waals surface area contributed by atoms with Crippen LogP contribution in [0, 0.1) is 6.92 Å². The molecule has 0 unspecified atom stereocenters. The Balaban J connectivity index is 0.00000231. The van der Waals surface area contributed by atoms with E-state index in [9.17, 15) is 15.0 Å². The summed E-state index contributed by atoms with van der Waals surface area (Å²) in [5.74, 6) is -0.335. The second-order valence-electron chi connectivity index (χ2n) is 7.47. The minimum Gasteiger partial charge on any atom is -0.871 e. The van der Waals surface area contributed by atoms with Gasteiger partial charge in [0.05, 0.1) is 29.5 Å². The third-order valence-corrected chi connectivity index (χ3v) is 5.66. The number of aromatic nitrogens is 2. The van der Waals surface area contributed by atoms with Crippen molar-refractivity contribution in [3.8, 4) is 28.2 Å². The molecule has 3 heterocycles. The quantitative estimate of drug-likeness (QED) is 0.418. The number of rotatable bonds is 3. The Bertz CT molecular complexity index is 1340. The molecule has 7 nitrogen and oxygen atoms in total. The van der Waals surface area contributed by atoms with E-state index in [1.54, 1.807) is 25.1 Å². The number of benzene rings is 2. The molecule has 0 bridgehead atoms. The van der Waals surface area contributed by atoms with Crippen LogP contribution in [0.15, 0.2) is 51.8 Å². The summed E-state index contributed by atoms with van der Waals surface area (Å²) in [6, 6.07) is 12.0. The third kappa shape index (κ3) is 3.92. The van der Waals surface area contributed by atoms with Crippen LogP contribution in [-0.2, 0) is 10.3 Å². The Hall–Kier alpha value is -1.49. The predicted octanol–water partition coefficient (Wildman–Crippen LogP) is 0.107. The molecule has 9 heteroatoms. The summed E-state index contributed by atoms with van der Waals surface area (Å²) in [6.45, 7) is 2.24. The van der Waals surface area contributed by atoms with E-state index in [-0.39, 0.29) is 75.9 Å². The first-order valence-corrected chi connectivity index (χ1v) is 9.65. The summed E-state index contributed by atoms with van der Waals surface area (Å²) >= 11 is 6.45. The van der Waals surface area contributed by atoms with Crippen molar-refractivity contribution in [3.05, 3.63) is 69.1 Å². The first-order valence-electron chi connectivity index (χ1n) is 9.27. The Kier molecular flexibility index (Phi) is 6.19. The maximum atomic E-state index is 13.1. The molecule has 152 valence electrons. The monoisotopic (exact) mass is 462 g/mol. The van der Waals surface area contributed by atoms with Gasteiger partial charge < -0.3 is 24.5 Å². The third-order valence-electron chi connectivity index (χ3n) is 5.34. The van der Waals surface area contributed by atoms with Crippen LogP contribution in [0.25, 0.3) is 33.4 Å². The topological polar surface area (TPSA) is 111 Å². The molecule has 0 aliphatic carbocycles. The van der Waals surface area contributed by atoms with Crippen molar-refractivity contribution in [3.63, 3.8) is 0 Å². The summed E-state index contributed by atoms with van der Waals surface area (Å²) in [5, 5.41) is 27.9. The molecule has 1 aliphatic heterocycles. The largest absolute Gasteiger partial charge is 1.00 e. The van der Waals surface area contributed by atoms with Crippen LogP contribution in [0.4, 0.5) is 0 Å². The summed E-state index contributed by atoms with van der Waals surface area (Å²) in [6.07, 6.45) is 0. The van der Waals surface area contributed by atoms with Gasteiger partial charge in [0.1, 0.15) is 5.60 Å². The van der Waals surface area contributed by atoms with Gasteiger partial charge >= 0.3 is 51.4 Å². The number of H-pyrrole nitrogens is 1. The van der Waals surface area contributed by atoms with Crippen LogP contribution in [0.2, 0.25) is 5.02 Å². The summed E-state index contributed by atoms with van der Waals surface area (Å²) in [5.41, 5.74) is 1.46. The smallest absolute Gasteiger partial charge is 0.871 e. The van der Waals surface area contributed by atoms with Crippen molar-refractivity contribution in [2.45, 2.75) is 12.5 Å². The maximum absolute atomic E-state index is 13.1. The van der Waals surface area contributed by atoms with Gasteiger partial charge in [-0.25, -0.2) is 0 Å². The molecule has 1 aliphatic rings. The number of halogens is 1. The number of fused-ring (bicyclic) bond motifs is 1. The first kappa shape index (κ1) is 22.7. The van der Waals surface area contributed by atoms with E-state index in [4.69, 9.17) is 20.9 Å². The van der Waals surface area contributed by atoms with Gasteiger partial charge in [-0.1, -0.05) is 46.8 Å². The molecule has 31 heavy (non-hydrogen) atoms. The number of hydrogen-bond donors (Lipinski definition) is 2. The van der Waals surface area contributed by atoms with Gasteiger partial charge in [-0.3, -0.25) is 4.79 Å². The SMILES string of the molecule is Cc1cc(-c2c([O-])c3cc(-c4ccc(C5(O)COC5)cc4)c(Cl)cc3[nH]c2=O)on1.[K+]. The molecule has 5 rings (SSSR count).